The third-order valence-corrected chi connectivity index (χ3v) is 5.79. The third kappa shape index (κ3) is 6.13. The van der Waals surface area contributed by atoms with Gasteiger partial charge in [0, 0.05) is 41.2 Å². The lowest BCUT2D eigenvalue weighted by Crippen LogP contribution is -2.44. The summed E-state index contributed by atoms with van der Waals surface area (Å²) >= 11 is 5.00. The number of amides is 1. The van der Waals surface area contributed by atoms with E-state index in [1.807, 2.05) is 42.6 Å². The highest BCUT2D eigenvalue weighted by atomic mass is 79.9. The third-order valence-electron chi connectivity index (χ3n) is 4.25. The molecule has 1 aromatic carbocycles. The molecule has 0 atom stereocenters. The Labute approximate surface area is 161 Å². The number of hydrogen-bond acceptors (Lipinski definition) is 4. The van der Waals surface area contributed by atoms with Crippen LogP contribution in [-0.2, 0) is 11.3 Å². The van der Waals surface area contributed by atoms with Gasteiger partial charge < -0.3 is 5.32 Å². The predicted octanol–water partition coefficient (Wildman–Crippen LogP) is 3.72. The predicted molar refractivity (Wildman–Crippen MR) is 106 cm³/mol. The Balaban J connectivity index is 1.36. The second kappa shape index (κ2) is 9.36. The van der Waals surface area contributed by atoms with Gasteiger partial charge in [0.05, 0.1) is 11.4 Å². The molecule has 1 amide bonds. The van der Waals surface area contributed by atoms with Gasteiger partial charge in [-0.2, -0.15) is 0 Å². The molecule has 1 aliphatic heterocycles. The second-order valence-electron chi connectivity index (χ2n) is 6.18. The monoisotopic (exact) mass is 419 g/mol. The lowest BCUT2D eigenvalue weighted by molar-refractivity contribution is -0.119. The summed E-state index contributed by atoms with van der Waals surface area (Å²) in [6.07, 6.45) is 3.84. The fourth-order valence-electron chi connectivity index (χ4n) is 2.91. The highest BCUT2D eigenvalue weighted by molar-refractivity contribution is 9.10. The van der Waals surface area contributed by atoms with Crippen molar-refractivity contribution < 1.29 is 4.79 Å². The van der Waals surface area contributed by atoms with Gasteiger partial charge in [-0.1, -0.05) is 22.0 Å². The molecule has 0 radical (unpaired) electrons. The lowest BCUT2D eigenvalue weighted by atomic mass is 10.0. The first-order valence-electron chi connectivity index (χ1n) is 8.49. The molecule has 0 aliphatic carbocycles. The largest absolute Gasteiger partial charge is 0.353 e. The zero-order chi connectivity index (χ0) is 17.5. The van der Waals surface area contributed by atoms with Crippen LogP contribution in [0.15, 0.2) is 58.0 Å². The van der Waals surface area contributed by atoms with Gasteiger partial charge in [-0.25, -0.2) is 0 Å². The van der Waals surface area contributed by atoms with E-state index in [9.17, 15) is 4.79 Å². The minimum Gasteiger partial charge on any atom is -0.353 e. The van der Waals surface area contributed by atoms with Crippen molar-refractivity contribution >= 4 is 33.6 Å². The van der Waals surface area contributed by atoms with Crippen LogP contribution >= 0.6 is 27.7 Å². The Morgan fingerprint density at radius 3 is 2.64 bits per heavy atom. The number of thioether (sulfide) groups is 1. The van der Waals surface area contributed by atoms with E-state index in [0.29, 0.717) is 5.75 Å². The maximum Gasteiger partial charge on any atom is 0.230 e. The van der Waals surface area contributed by atoms with Crippen molar-refractivity contribution in [2.45, 2.75) is 30.3 Å². The van der Waals surface area contributed by atoms with Crippen LogP contribution in [0.4, 0.5) is 0 Å². The summed E-state index contributed by atoms with van der Waals surface area (Å²) in [5.74, 6) is 0.589. The number of nitrogens with one attached hydrogen (secondary N) is 1. The van der Waals surface area contributed by atoms with Gasteiger partial charge in [-0.15, -0.1) is 11.8 Å². The van der Waals surface area contributed by atoms with Crippen LogP contribution in [0.1, 0.15) is 18.5 Å². The number of halogens is 1. The normalized spacial score (nSPS) is 15.9. The molecule has 2 heterocycles. The molecule has 2 aromatic rings. The highest BCUT2D eigenvalue weighted by Gasteiger charge is 2.20. The maximum atomic E-state index is 12.2. The van der Waals surface area contributed by atoms with Crippen LogP contribution in [0.2, 0.25) is 0 Å². The number of nitrogens with zero attached hydrogens (tertiary/aromatic N) is 2. The van der Waals surface area contributed by atoms with Crippen molar-refractivity contribution in [2.24, 2.45) is 0 Å². The number of likely N-dealkylation sites (tertiary alicyclic amines) is 1. The van der Waals surface area contributed by atoms with Gasteiger partial charge in [-0.3, -0.25) is 14.7 Å². The Morgan fingerprint density at radius 1 is 1.20 bits per heavy atom. The molecule has 0 spiro atoms. The number of aromatic nitrogens is 1. The fourth-order valence-corrected chi connectivity index (χ4v) is 3.88. The Bertz CT molecular complexity index is 673. The molecule has 0 bridgehead atoms. The van der Waals surface area contributed by atoms with E-state index in [4.69, 9.17) is 0 Å². The topological polar surface area (TPSA) is 45.2 Å². The summed E-state index contributed by atoms with van der Waals surface area (Å²) in [4.78, 5) is 20.1. The molecule has 132 valence electrons. The molecular weight excluding hydrogens is 398 g/mol. The van der Waals surface area contributed by atoms with Crippen molar-refractivity contribution in [1.82, 2.24) is 15.2 Å². The summed E-state index contributed by atoms with van der Waals surface area (Å²) in [6.45, 7) is 2.89. The summed E-state index contributed by atoms with van der Waals surface area (Å²) in [5, 5.41) is 3.17. The van der Waals surface area contributed by atoms with Crippen molar-refractivity contribution in [3.63, 3.8) is 0 Å². The van der Waals surface area contributed by atoms with E-state index in [2.05, 4.69) is 37.2 Å². The Hall–Kier alpha value is -1.37. The molecule has 1 aromatic heterocycles. The lowest BCUT2D eigenvalue weighted by Gasteiger charge is -2.32. The van der Waals surface area contributed by atoms with E-state index in [-0.39, 0.29) is 11.9 Å². The molecule has 6 heteroatoms. The SMILES string of the molecule is O=C(CSc1ccc(Br)cc1)NC1CCN(Cc2ccccn2)CC1. The Morgan fingerprint density at radius 2 is 1.96 bits per heavy atom. The van der Waals surface area contributed by atoms with E-state index in [1.165, 1.54) is 0 Å². The summed E-state index contributed by atoms with van der Waals surface area (Å²) in [5.41, 5.74) is 1.11. The van der Waals surface area contributed by atoms with Gasteiger partial charge in [0.25, 0.3) is 0 Å². The zero-order valence-corrected chi connectivity index (χ0v) is 16.4. The van der Waals surface area contributed by atoms with Crippen LogP contribution < -0.4 is 5.32 Å². The summed E-state index contributed by atoms with van der Waals surface area (Å²) in [6, 6.07) is 14.4. The zero-order valence-electron chi connectivity index (χ0n) is 14.0. The van der Waals surface area contributed by atoms with Crippen molar-refractivity contribution in [3.05, 3.63) is 58.8 Å². The summed E-state index contributed by atoms with van der Waals surface area (Å²) in [7, 11) is 0. The maximum absolute atomic E-state index is 12.2. The number of benzene rings is 1. The molecular formula is C19H22BrN3OS. The highest BCUT2D eigenvalue weighted by Crippen LogP contribution is 2.20. The number of piperidine rings is 1. The second-order valence-corrected chi connectivity index (χ2v) is 8.15. The van der Waals surface area contributed by atoms with Gasteiger partial charge in [-0.05, 0) is 49.2 Å². The number of carbonyl (C=O) groups excluding carboxylic acids is 1. The molecule has 25 heavy (non-hydrogen) atoms. The number of carbonyl (C=O) groups is 1. The molecule has 1 fully saturated rings. The van der Waals surface area contributed by atoms with Crippen LogP contribution in [0.3, 0.4) is 0 Å². The van der Waals surface area contributed by atoms with Crippen LogP contribution in [0.5, 0.6) is 0 Å². The quantitative estimate of drug-likeness (QED) is 0.724. The average Bonchev–Trinajstić information content (AvgIpc) is 2.64. The van der Waals surface area contributed by atoms with E-state index < -0.39 is 0 Å². The van der Waals surface area contributed by atoms with Gasteiger partial charge in [0.15, 0.2) is 0 Å². The smallest absolute Gasteiger partial charge is 0.230 e. The first-order chi connectivity index (χ1) is 12.2. The minimum atomic E-state index is 0.121. The number of hydrogen-bond donors (Lipinski definition) is 1. The van der Waals surface area contributed by atoms with E-state index in [0.717, 1.165) is 47.5 Å². The first-order valence-corrected chi connectivity index (χ1v) is 10.3. The number of pyridine rings is 1. The van der Waals surface area contributed by atoms with Crippen molar-refractivity contribution in [2.75, 3.05) is 18.8 Å². The van der Waals surface area contributed by atoms with Crippen LogP contribution in [0, 0.1) is 0 Å². The number of rotatable bonds is 6. The molecule has 4 nitrogen and oxygen atoms in total. The molecule has 3 rings (SSSR count). The Kier molecular flexibility index (Phi) is 6.90. The molecule has 0 saturated carbocycles. The molecule has 0 unspecified atom stereocenters. The minimum absolute atomic E-state index is 0.121. The average molecular weight is 420 g/mol. The molecule has 1 N–H and O–H groups in total. The van der Waals surface area contributed by atoms with E-state index >= 15 is 0 Å². The van der Waals surface area contributed by atoms with Crippen molar-refractivity contribution in [1.29, 1.82) is 0 Å². The van der Waals surface area contributed by atoms with E-state index in [1.54, 1.807) is 11.8 Å². The molecule has 1 saturated heterocycles. The van der Waals surface area contributed by atoms with Crippen molar-refractivity contribution in [3.8, 4) is 0 Å². The van der Waals surface area contributed by atoms with Crippen LogP contribution in [0.25, 0.3) is 0 Å². The van der Waals surface area contributed by atoms with Crippen LogP contribution in [-0.4, -0.2) is 40.7 Å². The standard InChI is InChI=1S/C19H22BrN3OS/c20-15-4-6-18(7-5-15)25-14-19(24)22-16-8-11-23(12-9-16)13-17-3-1-2-10-21-17/h1-7,10,16H,8-9,11-14H2,(H,22,24). The van der Waals surface area contributed by atoms with Gasteiger partial charge >= 0.3 is 0 Å². The van der Waals surface area contributed by atoms with Gasteiger partial charge in [0.2, 0.25) is 5.91 Å². The summed E-state index contributed by atoms with van der Waals surface area (Å²) < 4.78 is 1.05. The molecule has 1 aliphatic rings. The fraction of sp³-hybridized carbons (Fsp3) is 0.368. The first kappa shape index (κ1) is 18.4. The van der Waals surface area contributed by atoms with Gasteiger partial charge in [0.1, 0.15) is 0 Å².